The molecule has 0 saturated heterocycles. The van der Waals surface area contributed by atoms with Crippen LogP contribution >= 0.6 is 0 Å². The summed E-state index contributed by atoms with van der Waals surface area (Å²) in [6, 6.07) is 0.164. The zero-order valence-corrected chi connectivity index (χ0v) is 10.5. The molecule has 0 saturated carbocycles. The monoisotopic (exact) mass is 201 g/mol. The van der Waals surface area contributed by atoms with Gasteiger partial charge in [-0.15, -0.1) is 0 Å². The van der Waals surface area contributed by atoms with Gasteiger partial charge in [0.25, 0.3) is 0 Å². The molecular formula is C12H27NO. The van der Waals surface area contributed by atoms with Crippen molar-refractivity contribution < 1.29 is 4.74 Å². The SMILES string of the molecule is CCOC(CC)(CC)C(N)CC(C)C. The standard InChI is InChI=1S/C12H27NO/c1-6-12(7-2,14-8-3)11(13)9-10(4)5/h10-11H,6-9,13H2,1-5H3. The first-order chi connectivity index (χ1) is 6.52. The first-order valence-corrected chi connectivity index (χ1v) is 5.91. The van der Waals surface area contributed by atoms with Crippen LogP contribution in [0.1, 0.15) is 53.9 Å². The molecule has 0 amide bonds. The third-order valence-corrected chi connectivity index (χ3v) is 3.03. The predicted octanol–water partition coefficient (Wildman–Crippen LogP) is 2.96. The van der Waals surface area contributed by atoms with E-state index in [0.717, 1.165) is 25.9 Å². The zero-order valence-electron chi connectivity index (χ0n) is 10.5. The van der Waals surface area contributed by atoms with E-state index in [4.69, 9.17) is 10.5 Å². The van der Waals surface area contributed by atoms with Crippen LogP contribution in [0.3, 0.4) is 0 Å². The summed E-state index contributed by atoms with van der Waals surface area (Å²) in [5, 5.41) is 0. The quantitative estimate of drug-likeness (QED) is 0.687. The minimum Gasteiger partial charge on any atom is -0.374 e. The molecule has 0 spiro atoms. The van der Waals surface area contributed by atoms with Gasteiger partial charge in [-0.25, -0.2) is 0 Å². The van der Waals surface area contributed by atoms with Gasteiger partial charge < -0.3 is 10.5 Å². The van der Waals surface area contributed by atoms with Gasteiger partial charge in [-0.2, -0.15) is 0 Å². The number of hydrogen-bond acceptors (Lipinski definition) is 2. The summed E-state index contributed by atoms with van der Waals surface area (Å²) in [6.45, 7) is 11.6. The molecule has 0 bridgehead atoms. The summed E-state index contributed by atoms with van der Waals surface area (Å²) >= 11 is 0. The van der Waals surface area contributed by atoms with Crippen molar-refractivity contribution in [2.75, 3.05) is 6.61 Å². The Bertz CT molecular complexity index is 141. The molecule has 0 aromatic rings. The second-order valence-corrected chi connectivity index (χ2v) is 4.44. The summed E-state index contributed by atoms with van der Waals surface area (Å²) in [6.07, 6.45) is 3.05. The lowest BCUT2D eigenvalue weighted by molar-refractivity contribution is -0.0671. The van der Waals surface area contributed by atoms with E-state index in [-0.39, 0.29) is 11.6 Å². The minimum atomic E-state index is -0.0982. The van der Waals surface area contributed by atoms with Crippen molar-refractivity contribution >= 4 is 0 Å². The number of hydrogen-bond donors (Lipinski definition) is 1. The third-order valence-electron chi connectivity index (χ3n) is 3.03. The van der Waals surface area contributed by atoms with Gasteiger partial charge in [0.1, 0.15) is 0 Å². The van der Waals surface area contributed by atoms with Crippen molar-refractivity contribution in [2.45, 2.75) is 65.5 Å². The van der Waals surface area contributed by atoms with Crippen molar-refractivity contribution in [2.24, 2.45) is 11.7 Å². The highest BCUT2D eigenvalue weighted by molar-refractivity contribution is 4.89. The van der Waals surface area contributed by atoms with E-state index in [1.54, 1.807) is 0 Å². The molecule has 2 nitrogen and oxygen atoms in total. The maximum atomic E-state index is 6.24. The van der Waals surface area contributed by atoms with Gasteiger partial charge in [-0.05, 0) is 32.1 Å². The van der Waals surface area contributed by atoms with Gasteiger partial charge in [-0.1, -0.05) is 27.7 Å². The van der Waals surface area contributed by atoms with Crippen molar-refractivity contribution in [3.05, 3.63) is 0 Å². The first-order valence-electron chi connectivity index (χ1n) is 5.91. The highest BCUT2D eigenvalue weighted by Gasteiger charge is 2.33. The van der Waals surface area contributed by atoms with Gasteiger partial charge in [-0.3, -0.25) is 0 Å². The highest BCUT2D eigenvalue weighted by atomic mass is 16.5. The topological polar surface area (TPSA) is 35.2 Å². The van der Waals surface area contributed by atoms with Crippen LogP contribution < -0.4 is 5.73 Å². The molecule has 1 unspecified atom stereocenters. The van der Waals surface area contributed by atoms with Gasteiger partial charge in [0, 0.05) is 12.6 Å². The Morgan fingerprint density at radius 3 is 1.93 bits per heavy atom. The maximum absolute atomic E-state index is 6.24. The van der Waals surface area contributed by atoms with Crippen LogP contribution in [0.4, 0.5) is 0 Å². The van der Waals surface area contributed by atoms with E-state index in [2.05, 4.69) is 27.7 Å². The minimum absolute atomic E-state index is 0.0982. The summed E-state index contributed by atoms with van der Waals surface area (Å²) in [7, 11) is 0. The number of ether oxygens (including phenoxy) is 1. The summed E-state index contributed by atoms with van der Waals surface area (Å²) in [5.74, 6) is 0.642. The van der Waals surface area contributed by atoms with Gasteiger partial charge in [0.05, 0.1) is 5.60 Å². The lowest BCUT2D eigenvalue weighted by atomic mass is 9.84. The van der Waals surface area contributed by atoms with E-state index in [1.807, 2.05) is 6.92 Å². The maximum Gasteiger partial charge on any atom is 0.0827 e. The molecule has 2 heteroatoms. The Balaban J connectivity index is 4.43. The normalized spacial score (nSPS) is 14.8. The van der Waals surface area contributed by atoms with Crippen LogP contribution in [0.15, 0.2) is 0 Å². The molecule has 0 rings (SSSR count). The fourth-order valence-electron chi connectivity index (χ4n) is 2.10. The lowest BCUT2D eigenvalue weighted by Gasteiger charge is -2.38. The third kappa shape index (κ3) is 3.58. The molecule has 0 aliphatic rings. The van der Waals surface area contributed by atoms with E-state index in [9.17, 15) is 0 Å². The van der Waals surface area contributed by atoms with E-state index < -0.39 is 0 Å². The molecule has 0 aromatic heterocycles. The van der Waals surface area contributed by atoms with Gasteiger partial charge in [0.2, 0.25) is 0 Å². The summed E-state index contributed by atoms with van der Waals surface area (Å²) in [5.41, 5.74) is 6.14. The highest BCUT2D eigenvalue weighted by Crippen LogP contribution is 2.27. The molecule has 86 valence electrons. The average Bonchev–Trinajstić information content (AvgIpc) is 2.13. The second kappa shape index (κ2) is 6.41. The van der Waals surface area contributed by atoms with Crippen LogP contribution in [-0.2, 0) is 4.74 Å². The molecule has 14 heavy (non-hydrogen) atoms. The number of nitrogens with two attached hydrogens (primary N) is 1. The first kappa shape index (κ1) is 13.9. The van der Waals surface area contributed by atoms with Crippen LogP contribution in [0, 0.1) is 5.92 Å². The molecule has 0 heterocycles. The fourth-order valence-corrected chi connectivity index (χ4v) is 2.10. The van der Waals surface area contributed by atoms with Crippen LogP contribution in [0.5, 0.6) is 0 Å². The van der Waals surface area contributed by atoms with Crippen molar-refractivity contribution in [1.82, 2.24) is 0 Å². The van der Waals surface area contributed by atoms with Crippen molar-refractivity contribution in [1.29, 1.82) is 0 Å². The molecule has 2 N–H and O–H groups in total. The lowest BCUT2D eigenvalue weighted by Crippen LogP contribution is -2.50. The molecule has 0 radical (unpaired) electrons. The summed E-state index contributed by atoms with van der Waals surface area (Å²) < 4.78 is 5.87. The molecule has 1 atom stereocenters. The van der Waals surface area contributed by atoms with E-state index >= 15 is 0 Å². The Kier molecular flexibility index (Phi) is 6.38. The van der Waals surface area contributed by atoms with Crippen LogP contribution in [0.25, 0.3) is 0 Å². The van der Waals surface area contributed by atoms with Crippen molar-refractivity contribution in [3.8, 4) is 0 Å². The van der Waals surface area contributed by atoms with Crippen LogP contribution in [-0.4, -0.2) is 18.2 Å². The van der Waals surface area contributed by atoms with Gasteiger partial charge >= 0.3 is 0 Å². The smallest absolute Gasteiger partial charge is 0.0827 e. The second-order valence-electron chi connectivity index (χ2n) is 4.44. The Hall–Kier alpha value is -0.0800. The number of rotatable bonds is 7. The molecule has 0 aromatic carbocycles. The van der Waals surface area contributed by atoms with E-state index in [1.165, 1.54) is 0 Å². The largest absolute Gasteiger partial charge is 0.374 e. The van der Waals surface area contributed by atoms with Crippen molar-refractivity contribution in [3.63, 3.8) is 0 Å². The van der Waals surface area contributed by atoms with Gasteiger partial charge in [0.15, 0.2) is 0 Å². The zero-order chi connectivity index (χ0) is 11.2. The average molecular weight is 201 g/mol. The Morgan fingerprint density at radius 2 is 1.64 bits per heavy atom. The molecule has 0 fully saturated rings. The Morgan fingerprint density at radius 1 is 1.14 bits per heavy atom. The van der Waals surface area contributed by atoms with E-state index in [0.29, 0.717) is 5.92 Å². The summed E-state index contributed by atoms with van der Waals surface area (Å²) in [4.78, 5) is 0. The fraction of sp³-hybridized carbons (Fsp3) is 1.00. The Labute approximate surface area is 89.2 Å². The molecule has 0 aliphatic heterocycles. The van der Waals surface area contributed by atoms with Crippen LogP contribution in [0.2, 0.25) is 0 Å². The molecule has 0 aliphatic carbocycles. The molecular weight excluding hydrogens is 174 g/mol. The predicted molar refractivity (Wildman–Crippen MR) is 62.4 cm³/mol.